The third-order valence-corrected chi connectivity index (χ3v) is 7.18. The van der Waals surface area contributed by atoms with Crippen LogP contribution in [0.15, 0.2) is 54.0 Å². The molecule has 2 aromatic carbocycles. The van der Waals surface area contributed by atoms with Gasteiger partial charge in [0.1, 0.15) is 11.7 Å². The molecule has 166 valence electrons. The third-order valence-electron chi connectivity index (χ3n) is 6.57. The molecule has 4 aromatic rings. The highest BCUT2D eigenvalue weighted by atomic mass is 32.1. The molecule has 0 spiro atoms. The zero-order valence-corrected chi connectivity index (χ0v) is 18.9. The van der Waals surface area contributed by atoms with Crippen molar-refractivity contribution in [3.63, 3.8) is 0 Å². The Morgan fingerprint density at radius 2 is 2.00 bits per heavy atom. The Morgan fingerprint density at radius 3 is 2.85 bits per heavy atom. The van der Waals surface area contributed by atoms with Crippen LogP contribution in [0.3, 0.4) is 0 Å². The summed E-state index contributed by atoms with van der Waals surface area (Å²) in [5.74, 6) is -0.0467. The summed E-state index contributed by atoms with van der Waals surface area (Å²) in [5.41, 5.74) is 6.70. The molecule has 4 heterocycles. The Balaban J connectivity index is 1.42. The van der Waals surface area contributed by atoms with Crippen LogP contribution in [-0.2, 0) is 17.8 Å². The Hall–Kier alpha value is -3.72. The maximum absolute atomic E-state index is 13.4. The maximum atomic E-state index is 13.4. The van der Waals surface area contributed by atoms with Crippen LogP contribution >= 0.6 is 11.3 Å². The van der Waals surface area contributed by atoms with Crippen molar-refractivity contribution in [1.29, 1.82) is 0 Å². The van der Waals surface area contributed by atoms with Crippen LogP contribution < -0.4 is 10.2 Å². The van der Waals surface area contributed by atoms with Gasteiger partial charge in [-0.25, -0.2) is 0 Å². The van der Waals surface area contributed by atoms with Gasteiger partial charge in [0.05, 0.1) is 16.9 Å². The van der Waals surface area contributed by atoms with Crippen molar-refractivity contribution in [2.24, 2.45) is 0 Å². The van der Waals surface area contributed by atoms with Crippen molar-refractivity contribution >= 4 is 44.9 Å². The van der Waals surface area contributed by atoms with Crippen molar-refractivity contribution in [3.8, 4) is 0 Å². The van der Waals surface area contributed by atoms with Crippen LogP contribution in [-0.4, -0.2) is 45.1 Å². The minimum absolute atomic E-state index is 0.0603. The summed E-state index contributed by atoms with van der Waals surface area (Å²) in [4.78, 5) is 30.1. The molecule has 9 heteroatoms. The highest BCUT2D eigenvalue weighted by Crippen LogP contribution is 2.44. The zero-order chi connectivity index (χ0) is 22.5. The number of nitrogens with zero attached hydrogens (tertiary/aromatic N) is 5. The molecule has 0 radical (unpaired) electrons. The van der Waals surface area contributed by atoms with Gasteiger partial charge in [-0.05, 0) is 30.2 Å². The van der Waals surface area contributed by atoms with E-state index in [4.69, 9.17) is 0 Å². The number of hydrogen-bond donors (Lipinski definition) is 1. The van der Waals surface area contributed by atoms with E-state index in [0.29, 0.717) is 24.6 Å². The van der Waals surface area contributed by atoms with Gasteiger partial charge >= 0.3 is 0 Å². The second kappa shape index (κ2) is 7.70. The van der Waals surface area contributed by atoms with Crippen molar-refractivity contribution in [3.05, 3.63) is 70.9 Å². The van der Waals surface area contributed by atoms with E-state index in [2.05, 4.69) is 37.1 Å². The second-order valence-corrected chi connectivity index (χ2v) is 9.16. The first-order chi connectivity index (χ1) is 16.1. The third kappa shape index (κ3) is 3.11. The number of aryl methyl sites for hydroxylation is 1. The largest absolute Gasteiger partial charge is 0.349 e. The number of hydrogen-bond acceptors (Lipinski definition) is 6. The molecule has 0 bridgehead atoms. The monoisotopic (exact) mass is 458 g/mol. The second-order valence-electron chi connectivity index (χ2n) is 8.32. The summed E-state index contributed by atoms with van der Waals surface area (Å²) in [6.07, 6.45) is 0.874. The number of fused-ring (bicyclic) bond motifs is 6. The first-order valence-electron chi connectivity index (χ1n) is 10.9. The van der Waals surface area contributed by atoms with E-state index >= 15 is 0 Å². The molecule has 1 atom stereocenters. The lowest BCUT2D eigenvalue weighted by molar-refractivity contribution is -0.116. The molecule has 0 fully saturated rings. The topological polar surface area (TPSA) is 83.4 Å². The molecule has 2 aromatic heterocycles. The van der Waals surface area contributed by atoms with Crippen LogP contribution in [0.4, 0.5) is 10.8 Å². The molecule has 8 nitrogen and oxygen atoms in total. The Kier molecular flexibility index (Phi) is 4.65. The van der Waals surface area contributed by atoms with E-state index in [9.17, 15) is 9.59 Å². The van der Waals surface area contributed by atoms with Crippen molar-refractivity contribution < 1.29 is 9.59 Å². The standard InChI is InChI=1S/C24H22N6O2S/c1-28-18-8-4-3-7-17(18)23(32)30-12-10-16-15-6-2-5-9-19(15)29(21(16)22(28)30)13-11-20(31)26-24-27-25-14-33-24/h2-9,14,22H,10-13H2,1H3,(H,26,27,31). The lowest BCUT2D eigenvalue weighted by Gasteiger charge is -2.46. The van der Waals surface area contributed by atoms with Crippen molar-refractivity contribution in [2.45, 2.75) is 25.6 Å². The van der Waals surface area contributed by atoms with E-state index in [-0.39, 0.29) is 18.0 Å². The van der Waals surface area contributed by atoms with Gasteiger partial charge in [-0.2, -0.15) is 0 Å². The van der Waals surface area contributed by atoms with Crippen molar-refractivity contribution in [1.82, 2.24) is 19.7 Å². The molecule has 0 saturated heterocycles. The smallest absolute Gasteiger partial charge is 0.257 e. The van der Waals surface area contributed by atoms with Crippen LogP contribution in [0.25, 0.3) is 10.9 Å². The normalized spacial score (nSPS) is 17.0. The molecule has 2 amide bonds. The molecule has 1 unspecified atom stereocenters. The summed E-state index contributed by atoms with van der Waals surface area (Å²) in [6.45, 7) is 1.18. The number of rotatable bonds is 4. The summed E-state index contributed by atoms with van der Waals surface area (Å²) in [7, 11) is 2.04. The number of para-hydroxylation sites is 2. The predicted molar refractivity (Wildman–Crippen MR) is 127 cm³/mol. The Morgan fingerprint density at radius 1 is 1.18 bits per heavy atom. The molecule has 0 aliphatic carbocycles. The van der Waals surface area contributed by atoms with Crippen LogP contribution in [0.1, 0.15) is 34.2 Å². The number of nitrogens with one attached hydrogen (secondary N) is 1. The SMILES string of the molecule is CN1c2ccccc2C(=O)N2CCc3c(n(CCC(=O)Nc4nncs4)c4ccccc34)C21. The molecule has 0 saturated carbocycles. The summed E-state index contributed by atoms with van der Waals surface area (Å²) in [5, 5.41) is 12.2. The van der Waals surface area contributed by atoms with Gasteiger partial charge in [-0.3, -0.25) is 9.59 Å². The van der Waals surface area contributed by atoms with Gasteiger partial charge in [-0.15, -0.1) is 10.2 Å². The number of amides is 2. The number of carbonyl (C=O) groups is 2. The molecular weight excluding hydrogens is 436 g/mol. The van der Waals surface area contributed by atoms with Crippen LogP contribution in [0.2, 0.25) is 0 Å². The van der Waals surface area contributed by atoms with E-state index in [1.807, 2.05) is 48.3 Å². The number of aromatic nitrogens is 3. The van der Waals surface area contributed by atoms with Crippen LogP contribution in [0.5, 0.6) is 0 Å². The fourth-order valence-corrected chi connectivity index (χ4v) is 5.63. The molecule has 2 aliphatic rings. The highest BCUT2D eigenvalue weighted by molar-refractivity contribution is 7.13. The maximum Gasteiger partial charge on any atom is 0.257 e. The molecule has 2 aliphatic heterocycles. The zero-order valence-electron chi connectivity index (χ0n) is 18.1. The molecular formula is C24H22N6O2S. The summed E-state index contributed by atoms with van der Waals surface area (Å²) < 4.78 is 2.22. The van der Waals surface area contributed by atoms with Gasteiger partial charge < -0.3 is 19.7 Å². The van der Waals surface area contributed by atoms with E-state index in [1.165, 1.54) is 22.3 Å². The number of anilines is 2. The van der Waals surface area contributed by atoms with Gasteiger partial charge in [0.2, 0.25) is 11.0 Å². The minimum Gasteiger partial charge on any atom is -0.349 e. The fourth-order valence-electron chi connectivity index (χ4n) is 5.17. The van der Waals surface area contributed by atoms with E-state index < -0.39 is 0 Å². The molecule has 33 heavy (non-hydrogen) atoms. The summed E-state index contributed by atoms with van der Waals surface area (Å²) >= 11 is 1.30. The fraction of sp³-hybridized carbons (Fsp3) is 0.250. The average Bonchev–Trinajstić information content (AvgIpc) is 3.46. The highest BCUT2D eigenvalue weighted by Gasteiger charge is 2.42. The first-order valence-corrected chi connectivity index (χ1v) is 11.8. The predicted octanol–water partition coefficient (Wildman–Crippen LogP) is 3.67. The summed E-state index contributed by atoms with van der Waals surface area (Å²) in [6, 6.07) is 16.1. The van der Waals surface area contributed by atoms with Gasteiger partial charge in [-0.1, -0.05) is 41.7 Å². The average molecular weight is 459 g/mol. The lowest BCUT2D eigenvalue weighted by atomic mass is 9.96. The Bertz CT molecular complexity index is 1380. The lowest BCUT2D eigenvalue weighted by Crippen LogP contribution is -2.51. The van der Waals surface area contributed by atoms with Crippen molar-refractivity contribution in [2.75, 3.05) is 23.8 Å². The van der Waals surface area contributed by atoms with Gasteiger partial charge in [0.25, 0.3) is 5.91 Å². The van der Waals surface area contributed by atoms with Gasteiger partial charge in [0, 0.05) is 37.5 Å². The minimum atomic E-state index is -0.213. The quantitative estimate of drug-likeness (QED) is 0.505. The number of benzene rings is 2. The molecule has 1 N–H and O–H groups in total. The van der Waals surface area contributed by atoms with Gasteiger partial charge in [0.15, 0.2) is 0 Å². The van der Waals surface area contributed by atoms with E-state index in [1.54, 1.807) is 5.51 Å². The first kappa shape index (κ1) is 19.9. The number of carbonyl (C=O) groups excluding carboxylic acids is 2. The van der Waals surface area contributed by atoms with E-state index in [0.717, 1.165) is 28.9 Å². The Labute approximate surface area is 194 Å². The molecule has 6 rings (SSSR count). The van der Waals surface area contributed by atoms with Crippen LogP contribution in [0, 0.1) is 0 Å².